The summed E-state index contributed by atoms with van der Waals surface area (Å²) in [5, 5.41) is 0.974. The summed E-state index contributed by atoms with van der Waals surface area (Å²) in [6, 6.07) is 6.90. The minimum absolute atomic E-state index is 0.0114. The summed E-state index contributed by atoms with van der Waals surface area (Å²) in [7, 11) is 0. The lowest BCUT2D eigenvalue weighted by Gasteiger charge is -2.39. The van der Waals surface area contributed by atoms with Crippen LogP contribution in [-0.4, -0.2) is 46.1 Å². The molecule has 0 spiro atoms. The van der Waals surface area contributed by atoms with Crippen LogP contribution in [0.3, 0.4) is 0 Å². The quantitative estimate of drug-likeness (QED) is 0.688. The number of likely N-dealkylation sites (tertiary alicyclic amines) is 1. The van der Waals surface area contributed by atoms with Crippen molar-refractivity contribution in [3.8, 4) is 0 Å². The molecule has 0 aliphatic carbocycles. The Labute approximate surface area is 188 Å². The van der Waals surface area contributed by atoms with Gasteiger partial charge in [0.25, 0.3) is 0 Å². The third kappa shape index (κ3) is 2.85. The first-order valence-corrected chi connectivity index (χ1v) is 11.5. The molecular weight excluding hydrogens is 402 g/mol. The van der Waals surface area contributed by atoms with E-state index in [4.69, 9.17) is 0 Å². The summed E-state index contributed by atoms with van der Waals surface area (Å²) in [5.74, 6) is -1.56. The van der Waals surface area contributed by atoms with Crippen LogP contribution in [0, 0.1) is 17.3 Å². The molecule has 6 nitrogen and oxygen atoms in total. The van der Waals surface area contributed by atoms with E-state index in [1.807, 2.05) is 69.0 Å². The van der Waals surface area contributed by atoms with Crippen molar-refractivity contribution in [2.24, 2.45) is 17.3 Å². The Balaban J connectivity index is 1.70. The van der Waals surface area contributed by atoms with Crippen molar-refractivity contribution in [2.75, 3.05) is 11.4 Å². The second-order valence-corrected chi connectivity index (χ2v) is 10.1. The van der Waals surface area contributed by atoms with Gasteiger partial charge >= 0.3 is 0 Å². The van der Waals surface area contributed by atoms with E-state index in [2.05, 4.69) is 4.98 Å². The second kappa shape index (κ2) is 7.26. The van der Waals surface area contributed by atoms with Crippen molar-refractivity contribution in [1.82, 2.24) is 9.88 Å². The molecule has 0 saturated carbocycles. The Kier molecular flexibility index (Phi) is 4.73. The molecule has 32 heavy (non-hydrogen) atoms. The highest BCUT2D eigenvalue weighted by Gasteiger charge is 2.64. The highest BCUT2D eigenvalue weighted by atomic mass is 16.2. The van der Waals surface area contributed by atoms with Gasteiger partial charge in [0.15, 0.2) is 5.78 Å². The maximum absolute atomic E-state index is 13.8. The molecule has 2 saturated heterocycles. The predicted octanol–water partition coefficient (Wildman–Crippen LogP) is 3.84. The Morgan fingerprint density at radius 2 is 1.84 bits per heavy atom. The van der Waals surface area contributed by atoms with Gasteiger partial charge in [0.05, 0.1) is 29.1 Å². The molecule has 1 aromatic heterocycles. The van der Waals surface area contributed by atoms with Crippen LogP contribution in [0.1, 0.15) is 46.1 Å². The van der Waals surface area contributed by atoms with Crippen LogP contribution in [0.5, 0.6) is 0 Å². The molecule has 2 aromatic rings. The van der Waals surface area contributed by atoms with Gasteiger partial charge < -0.3 is 4.90 Å². The normalized spacial score (nSPS) is 26.5. The molecule has 1 aromatic carbocycles. The molecule has 0 N–H and O–H groups in total. The fourth-order valence-corrected chi connectivity index (χ4v) is 5.52. The summed E-state index contributed by atoms with van der Waals surface area (Å²) in [5.41, 5.74) is 1.97. The number of aromatic nitrogens is 1. The molecular formula is C26H29N3O3. The van der Waals surface area contributed by atoms with E-state index in [-0.39, 0.29) is 23.6 Å². The minimum atomic E-state index is -0.690. The molecule has 2 amide bonds. The number of anilines is 1. The van der Waals surface area contributed by atoms with E-state index in [1.54, 1.807) is 6.20 Å². The number of unbranched alkanes of at least 4 members (excludes halogenated alkanes) is 1. The highest BCUT2D eigenvalue weighted by Crippen LogP contribution is 2.51. The fraction of sp³-hybridized carbons (Fsp3) is 0.462. The lowest BCUT2D eigenvalue weighted by molar-refractivity contribution is -0.142. The van der Waals surface area contributed by atoms with Crippen molar-refractivity contribution in [1.29, 1.82) is 0 Å². The number of ketones is 1. The summed E-state index contributed by atoms with van der Waals surface area (Å²) in [6.07, 6.45) is 7.43. The van der Waals surface area contributed by atoms with Gasteiger partial charge in [0.2, 0.25) is 11.8 Å². The molecule has 166 valence electrons. The van der Waals surface area contributed by atoms with Crippen molar-refractivity contribution in [3.63, 3.8) is 0 Å². The third-order valence-electron chi connectivity index (χ3n) is 7.07. The highest BCUT2D eigenvalue weighted by molar-refractivity contribution is 6.13. The number of amides is 2. The van der Waals surface area contributed by atoms with Gasteiger partial charge in [-0.05, 0) is 18.1 Å². The first-order chi connectivity index (χ1) is 15.3. The summed E-state index contributed by atoms with van der Waals surface area (Å²) in [6.45, 7) is 8.12. The lowest BCUT2D eigenvalue weighted by Crippen LogP contribution is -2.51. The van der Waals surface area contributed by atoms with Gasteiger partial charge in [0, 0.05) is 23.5 Å². The zero-order valence-electron chi connectivity index (χ0n) is 19.0. The van der Waals surface area contributed by atoms with Crippen LogP contribution in [0.15, 0.2) is 36.5 Å². The zero-order valence-corrected chi connectivity index (χ0v) is 19.0. The fourth-order valence-electron chi connectivity index (χ4n) is 5.52. The van der Waals surface area contributed by atoms with Crippen LogP contribution < -0.4 is 4.90 Å². The maximum atomic E-state index is 13.8. The topological polar surface area (TPSA) is 70.6 Å². The van der Waals surface area contributed by atoms with Gasteiger partial charge in [-0.1, -0.05) is 64.5 Å². The summed E-state index contributed by atoms with van der Waals surface area (Å²) in [4.78, 5) is 48.9. The Bertz CT molecular complexity index is 1160. The van der Waals surface area contributed by atoms with E-state index in [9.17, 15) is 14.4 Å². The Morgan fingerprint density at radius 1 is 1.09 bits per heavy atom. The van der Waals surface area contributed by atoms with Crippen molar-refractivity contribution in [2.45, 2.75) is 52.6 Å². The van der Waals surface area contributed by atoms with Crippen molar-refractivity contribution < 1.29 is 14.4 Å². The van der Waals surface area contributed by atoms with Crippen LogP contribution in [0.4, 0.5) is 5.69 Å². The number of hydrogen-bond donors (Lipinski definition) is 0. The van der Waals surface area contributed by atoms with Crippen LogP contribution in [0.2, 0.25) is 0 Å². The second-order valence-electron chi connectivity index (χ2n) is 10.1. The average molecular weight is 432 g/mol. The number of hydrogen-bond acceptors (Lipinski definition) is 5. The number of Topliss-reactive ketones (excluding diaryl/α,β-unsaturated/α-hetero) is 1. The number of carbonyl (C=O) groups excluding carboxylic acids is 3. The number of fused-ring (bicyclic) bond motifs is 7. The first-order valence-electron chi connectivity index (χ1n) is 11.5. The molecule has 5 rings (SSSR count). The largest absolute Gasteiger partial charge is 0.351 e. The van der Waals surface area contributed by atoms with E-state index in [1.165, 1.54) is 4.90 Å². The van der Waals surface area contributed by atoms with Gasteiger partial charge in [-0.2, -0.15) is 0 Å². The van der Waals surface area contributed by atoms with Gasteiger partial charge in [-0.15, -0.1) is 0 Å². The molecule has 0 unspecified atom stereocenters. The molecule has 4 heterocycles. The number of carbonyl (C=O) groups is 3. The summed E-state index contributed by atoms with van der Waals surface area (Å²) < 4.78 is 0. The first kappa shape index (κ1) is 20.9. The molecule has 6 heteroatoms. The summed E-state index contributed by atoms with van der Waals surface area (Å²) >= 11 is 0. The maximum Gasteiger partial charge on any atom is 0.235 e. The van der Waals surface area contributed by atoms with E-state index in [0.717, 1.165) is 35.0 Å². The van der Waals surface area contributed by atoms with E-state index >= 15 is 0 Å². The predicted molar refractivity (Wildman–Crippen MR) is 124 cm³/mol. The van der Waals surface area contributed by atoms with Crippen molar-refractivity contribution >= 4 is 40.3 Å². The molecule has 2 fully saturated rings. The van der Waals surface area contributed by atoms with E-state index in [0.29, 0.717) is 6.54 Å². The number of benzene rings is 1. The van der Waals surface area contributed by atoms with Gasteiger partial charge in [-0.25, -0.2) is 0 Å². The van der Waals surface area contributed by atoms with Crippen molar-refractivity contribution in [3.05, 3.63) is 42.1 Å². The third-order valence-corrected chi connectivity index (χ3v) is 7.07. The number of nitrogens with zero attached hydrogens (tertiary/aromatic N) is 3. The number of pyridine rings is 1. The monoisotopic (exact) mass is 431 g/mol. The number of rotatable bonds is 4. The molecule has 3 aliphatic heterocycles. The Morgan fingerprint density at radius 3 is 2.56 bits per heavy atom. The molecule has 3 aliphatic rings. The lowest BCUT2D eigenvalue weighted by atomic mass is 9.79. The standard InChI is InChI=1S/C26H29N3O3/c1-5-6-14-28-24(31)18-17-12-11-16-10-9-15-8-7-13-27-20(15)21(16)29(17)22(19(18)25(28)32)23(30)26(2,3)4/h7-13,17-19,22H,5-6,14H2,1-4H3/t17-,18+,19+,22-/m0/s1. The van der Waals surface area contributed by atoms with E-state index < -0.39 is 23.3 Å². The molecule has 0 radical (unpaired) electrons. The van der Waals surface area contributed by atoms with Gasteiger partial charge in [-0.3, -0.25) is 24.3 Å². The van der Waals surface area contributed by atoms with Crippen LogP contribution in [-0.2, 0) is 14.4 Å². The van der Waals surface area contributed by atoms with Crippen LogP contribution >= 0.6 is 0 Å². The molecule has 0 bridgehead atoms. The van der Waals surface area contributed by atoms with Gasteiger partial charge in [0.1, 0.15) is 6.04 Å². The average Bonchev–Trinajstić information content (AvgIpc) is 3.23. The Hall–Kier alpha value is -3.02. The SMILES string of the molecule is CCCCN1C(=O)[C@@H]2[C@H](C1=O)[C@@H]1C=Cc3ccc4cccnc4c3N1[C@@H]2C(=O)C(C)(C)C. The smallest absolute Gasteiger partial charge is 0.235 e. The minimum Gasteiger partial charge on any atom is -0.351 e. The zero-order chi connectivity index (χ0) is 22.8. The van der Waals surface area contributed by atoms with Crippen LogP contribution in [0.25, 0.3) is 17.0 Å². The number of imide groups is 1. The molecule has 4 atom stereocenters.